The lowest BCUT2D eigenvalue weighted by Crippen LogP contribution is -2.48. The Kier molecular flexibility index (Phi) is 6.24. The van der Waals surface area contributed by atoms with E-state index in [4.69, 9.17) is 5.11 Å². The zero-order valence-corrected chi connectivity index (χ0v) is 14.9. The minimum absolute atomic E-state index is 0.0678. The predicted molar refractivity (Wildman–Crippen MR) is 90.4 cm³/mol. The summed E-state index contributed by atoms with van der Waals surface area (Å²) >= 11 is 0. The van der Waals surface area contributed by atoms with E-state index >= 15 is 0 Å². The standard InChI is InChI=1S/C18H30N2O4/c1-18(9-5-3-4-6-10-18)17(24)19(2)13-15(21)20-11-7-14(8-12-20)16(22)23/h14H,3-13H2,1-2H3,(H,22,23). The van der Waals surface area contributed by atoms with Gasteiger partial charge >= 0.3 is 5.97 Å². The highest BCUT2D eigenvalue weighted by Gasteiger charge is 2.36. The van der Waals surface area contributed by atoms with E-state index in [1.807, 2.05) is 6.92 Å². The third-order valence-electron chi connectivity index (χ3n) is 5.64. The summed E-state index contributed by atoms with van der Waals surface area (Å²) in [5, 5.41) is 9.02. The maximum absolute atomic E-state index is 12.8. The van der Waals surface area contributed by atoms with Gasteiger partial charge in [0.2, 0.25) is 11.8 Å². The fourth-order valence-electron chi connectivity index (χ4n) is 3.93. The van der Waals surface area contributed by atoms with Gasteiger partial charge in [0.15, 0.2) is 0 Å². The van der Waals surface area contributed by atoms with E-state index in [9.17, 15) is 14.4 Å². The number of aliphatic carboxylic acids is 1. The second-order valence-electron chi connectivity index (χ2n) is 7.63. The Morgan fingerprint density at radius 1 is 1.08 bits per heavy atom. The summed E-state index contributed by atoms with van der Waals surface area (Å²) in [7, 11) is 1.71. The van der Waals surface area contributed by atoms with Crippen LogP contribution in [0.3, 0.4) is 0 Å². The van der Waals surface area contributed by atoms with Crippen LogP contribution < -0.4 is 0 Å². The molecule has 1 saturated heterocycles. The van der Waals surface area contributed by atoms with Gasteiger partial charge in [-0.2, -0.15) is 0 Å². The van der Waals surface area contributed by atoms with E-state index < -0.39 is 5.97 Å². The molecule has 2 rings (SSSR count). The van der Waals surface area contributed by atoms with Crippen molar-refractivity contribution in [3.05, 3.63) is 0 Å². The van der Waals surface area contributed by atoms with Crippen LogP contribution in [0.15, 0.2) is 0 Å². The molecule has 2 fully saturated rings. The summed E-state index contributed by atoms with van der Waals surface area (Å²) in [6.45, 7) is 3.05. The van der Waals surface area contributed by atoms with Gasteiger partial charge in [0.05, 0.1) is 12.5 Å². The number of amides is 2. The maximum atomic E-state index is 12.8. The van der Waals surface area contributed by atoms with Gasteiger partial charge in [-0.25, -0.2) is 0 Å². The largest absolute Gasteiger partial charge is 0.481 e. The lowest BCUT2D eigenvalue weighted by atomic mass is 9.81. The molecule has 24 heavy (non-hydrogen) atoms. The van der Waals surface area contributed by atoms with Crippen molar-refractivity contribution in [1.29, 1.82) is 0 Å². The van der Waals surface area contributed by atoms with Crippen LogP contribution in [0, 0.1) is 11.3 Å². The Hall–Kier alpha value is -1.59. The fourth-order valence-corrected chi connectivity index (χ4v) is 3.93. The Morgan fingerprint density at radius 3 is 2.12 bits per heavy atom. The summed E-state index contributed by atoms with van der Waals surface area (Å²) < 4.78 is 0. The SMILES string of the molecule is CN(CC(=O)N1CCC(C(=O)O)CC1)C(=O)C1(C)CCCCCC1. The molecular formula is C18H30N2O4. The minimum Gasteiger partial charge on any atom is -0.481 e. The summed E-state index contributed by atoms with van der Waals surface area (Å²) in [5.41, 5.74) is -0.345. The molecule has 6 heteroatoms. The van der Waals surface area contributed by atoms with E-state index in [1.165, 1.54) is 12.8 Å². The Balaban J connectivity index is 1.87. The van der Waals surface area contributed by atoms with Crippen molar-refractivity contribution in [2.75, 3.05) is 26.7 Å². The highest BCUT2D eigenvalue weighted by Crippen LogP contribution is 2.36. The number of carboxylic acid groups (broad SMARTS) is 1. The summed E-state index contributed by atoms with van der Waals surface area (Å²) in [6, 6.07) is 0. The molecule has 1 aliphatic heterocycles. The Morgan fingerprint density at radius 2 is 1.62 bits per heavy atom. The third kappa shape index (κ3) is 4.48. The normalized spacial score (nSPS) is 21.8. The smallest absolute Gasteiger partial charge is 0.306 e. The Labute approximate surface area is 144 Å². The molecule has 0 unspecified atom stereocenters. The van der Waals surface area contributed by atoms with Crippen LogP contribution in [0.25, 0.3) is 0 Å². The monoisotopic (exact) mass is 338 g/mol. The van der Waals surface area contributed by atoms with Crippen molar-refractivity contribution in [3.63, 3.8) is 0 Å². The molecule has 1 saturated carbocycles. The predicted octanol–water partition coefficient (Wildman–Crippen LogP) is 2.13. The number of rotatable bonds is 4. The molecule has 0 aromatic carbocycles. The number of carboxylic acids is 1. The minimum atomic E-state index is -0.782. The lowest BCUT2D eigenvalue weighted by Gasteiger charge is -2.34. The van der Waals surface area contributed by atoms with Crippen LogP contribution in [-0.4, -0.2) is 59.4 Å². The zero-order valence-electron chi connectivity index (χ0n) is 14.9. The number of likely N-dealkylation sites (N-methyl/N-ethyl adjacent to an activating group) is 1. The number of carbonyl (C=O) groups excluding carboxylic acids is 2. The first-order valence-corrected chi connectivity index (χ1v) is 9.09. The van der Waals surface area contributed by atoms with E-state index in [0.29, 0.717) is 25.9 Å². The molecule has 0 radical (unpaired) electrons. The molecule has 0 bridgehead atoms. The van der Waals surface area contributed by atoms with Crippen LogP contribution in [0.1, 0.15) is 58.3 Å². The molecule has 2 amide bonds. The molecule has 0 aromatic heterocycles. The number of likely N-dealkylation sites (tertiary alicyclic amines) is 1. The van der Waals surface area contributed by atoms with Gasteiger partial charge in [-0.05, 0) is 25.7 Å². The second kappa shape index (κ2) is 7.99. The molecule has 1 aliphatic carbocycles. The maximum Gasteiger partial charge on any atom is 0.306 e. The molecule has 2 aliphatic rings. The molecular weight excluding hydrogens is 308 g/mol. The topological polar surface area (TPSA) is 77.9 Å². The van der Waals surface area contributed by atoms with Crippen molar-refractivity contribution >= 4 is 17.8 Å². The van der Waals surface area contributed by atoms with E-state index in [-0.39, 0.29) is 29.7 Å². The molecule has 1 N–H and O–H groups in total. The van der Waals surface area contributed by atoms with Crippen LogP contribution in [0.5, 0.6) is 0 Å². The van der Waals surface area contributed by atoms with Crippen molar-refractivity contribution < 1.29 is 19.5 Å². The molecule has 1 heterocycles. The van der Waals surface area contributed by atoms with Crippen molar-refractivity contribution in [2.45, 2.75) is 58.3 Å². The highest BCUT2D eigenvalue weighted by atomic mass is 16.4. The first-order chi connectivity index (χ1) is 11.3. The van der Waals surface area contributed by atoms with Crippen molar-refractivity contribution in [3.8, 4) is 0 Å². The summed E-state index contributed by atoms with van der Waals surface area (Å²) in [4.78, 5) is 39.5. The van der Waals surface area contributed by atoms with Crippen LogP contribution in [-0.2, 0) is 14.4 Å². The number of piperidine rings is 1. The molecule has 6 nitrogen and oxygen atoms in total. The van der Waals surface area contributed by atoms with Gasteiger partial charge < -0.3 is 14.9 Å². The fraction of sp³-hybridized carbons (Fsp3) is 0.833. The molecule has 0 aromatic rings. The van der Waals surface area contributed by atoms with Crippen LogP contribution in [0.2, 0.25) is 0 Å². The van der Waals surface area contributed by atoms with Gasteiger partial charge in [0.1, 0.15) is 0 Å². The first kappa shape index (κ1) is 18.7. The third-order valence-corrected chi connectivity index (χ3v) is 5.64. The quantitative estimate of drug-likeness (QED) is 0.797. The molecule has 0 atom stereocenters. The first-order valence-electron chi connectivity index (χ1n) is 9.09. The van der Waals surface area contributed by atoms with E-state index in [1.54, 1.807) is 16.8 Å². The van der Waals surface area contributed by atoms with Gasteiger partial charge in [0, 0.05) is 25.6 Å². The van der Waals surface area contributed by atoms with Gasteiger partial charge in [-0.3, -0.25) is 14.4 Å². The van der Waals surface area contributed by atoms with Crippen molar-refractivity contribution in [1.82, 2.24) is 9.80 Å². The van der Waals surface area contributed by atoms with E-state index in [0.717, 1.165) is 25.7 Å². The highest BCUT2D eigenvalue weighted by molar-refractivity contribution is 5.87. The second-order valence-corrected chi connectivity index (χ2v) is 7.63. The van der Waals surface area contributed by atoms with Crippen molar-refractivity contribution in [2.24, 2.45) is 11.3 Å². The number of carbonyl (C=O) groups is 3. The summed E-state index contributed by atoms with van der Waals surface area (Å²) in [6.07, 6.45) is 7.31. The van der Waals surface area contributed by atoms with Gasteiger partial charge in [-0.1, -0.05) is 32.6 Å². The van der Waals surface area contributed by atoms with Crippen LogP contribution >= 0.6 is 0 Å². The van der Waals surface area contributed by atoms with E-state index in [2.05, 4.69) is 0 Å². The number of hydrogen-bond acceptors (Lipinski definition) is 3. The number of nitrogens with zero attached hydrogens (tertiary/aromatic N) is 2. The van der Waals surface area contributed by atoms with Gasteiger partial charge in [-0.15, -0.1) is 0 Å². The van der Waals surface area contributed by atoms with Crippen LogP contribution in [0.4, 0.5) is 0 Å². The Bertz CT molecular complexity index is 475. The zero-order chi connectivity index (χ0) is 17.7. The average molecular weight is 338 g/mol. The van der Waals surface area contributed by atoms with Gasteiger partial charge in [0.25, 0.3) is 0 Å². The lowest BCUT2D eigenvalue weighted by molar-refractivity contribution is -0.148. The summed E-state index contributed by atoms with van der Waals surface area (Å²) in [5.74, 6) is -1.14. The molecule has 0 spiro atoms. The number of hydrogen-bond donors (Lipinski definition) is 1. The average Bonchev–Trinajstić information content (AvgIpc) is 2.79. The molecule has 136 valence electrons.